The second-order valence-corrected chi connectivity index (χ2v) is 12.1. The van der Waals surface area contributed by atoms with Crippen molar-refractivity contribution in [2.45, 2.75) is 213 Å². The average molecular weight is 539 g/mol. The van der Waals surface area contributed by atoms with E-state index < -0.39 is 0 Å². The zero-order valence-electron chi connectivity index (χ0n) is 27.0. The molecule has 0 saturated carbocycles. The molecule has 0 radical (unpaired) electrons. The molecular formula is C36H74O2. The van der Waals surface area contributed by atoms with Gasteiger partial charge in [-0.05, 0) is 19.3 Å². The second-order valence-electron chi connectivity index (χ2n) is 12.1. The average Bonchev–Trinajstić information content (AvgIpc) is 2.93. The van der Waals surface area contributed by atoms with Gasteiger partial charge in [-0.1, -0.05) is 188 Å². The van der Waals surface area contributed by atoms with Gasteiger partial charge in [0, 0.05) is 6.61 Å². The lowest BCUT2D eigenvalue weighted by molar-refractivity contribution is -0.00171. The Labute approximate surface area is 242 Å². The summed E-state index contributed by atoms with van der Waals surface area (Å²) in [5.41, 5.74) is 0. The van der Waals surface area contributed by atoms with Crippen LogP contribution in [0, 0.1) is 0 Å². The minimum absolute atomic E-state index is 0.438. The maximum Gasteiger partial charge on any atom is 0.0704 e. The summed E-state index contributed by atoms with van der Waals surface area (Å²) in [6.07, 6.45) is 41.1. The summed E-state index contributed by atoms with van der Waals surface area (Å²) in [6.45, 7) is 9.32. The lowest BCUT2D eigenvalue weighted by Crippen LogP contribution is -2.15. The quantitative estimate of drug-likeness (QED) is 0.0758. The standard InChI is InChI=1S/C36H74O2/c1-4-7-9-11-13-15-17-18-19-20-21-23-25-27-29-31-33-37-34-35-38-36(6-3)32-30-28-26-24-22-16-14-12-10-8-5-2/h36H,4-35H2,1-3H3. The highest BCUT2D eigenvalue weighted by molar-refractivity contribution is 4.57. The molecule has 1 atom stereocenters. The highest BCUT2D eigenvalue weighted by Crippen LogP contribution is 2.15. The van der Waals surface area contributed by atoms with Crippen molar-refractivity contribution >= 4 is 0 Å². The zero-order chi connectivity index (χ0) is 27.6. The molecule has 0 bridgehead atoms. The zero-order valence-corrected chi connectivity index (χ0v) is 27.0. The predicted octanol–water partition coefficient (Wildman–Crippen LogP) is 12.8. The number of hydrogen-bond donors (Lipinski definition) is 0. The van der Waals surface area contributed by atoms with Crippen molar-refractivity contribution in [3.05, 3.63) is 0 Å². The Morgan fingerprint density at radius 2 is 0.684 bits per heavy atom. The fraction of sp³-hybridized carbons (Fsp3) is 1.00. The first-order valence-corrected chi connectivity index (χ1v) is 18.0. The van der Waals surface area contributed by atoms with Gasteiger partial charge in [0.05, 0.1) is 19.3 Å². The van der Waals surface area contributed by atoms with Crippen molar-refractivity contribution in [3.63, 3.8) is 0 Å². The van der Waals surface area contributed by atoms with Crippen LogP contribution in [-0.4, -0.2) is 25.9 Å². The monoisotopic (exact) mass is 539 g/mol. The van der Waals surface area contributed by atoms with E-state index in [1.54, 1.807) is 0 Å². The van der Waals surface area contributed by atoms with Gasteiger partial charge in [0.25, 0.3) is 0 Å². The number of ether oxygens (including phenoxy) is 2. The van der Waals surface area contributed by atoms with E-state index in [1.165, 1.54) is 180 Å². The lowest BCUT2D eigenvalue weighted by Gasteiger charge is -2.16. The van der Waals surface area contributed by atoms with Gasteiger partial charge >= 0.3 is 0 Å². The normalized spacial score (nSPS) is 12.4. The maximum absolute atomic E-state index is 6.09. The Morgan fingerprint density at radius 3 is 1.05 bits per heavy atom. The van der Waals surface area contributed by atoms with Crippen molar-refractivity contribution in [2.75, 3.05) is 19.8 Å². The third-order valence-corrected chi connectivity index (χ3v) is 8.31. The molecular weight excluding hydrogens is 464 g/mol. The Morgan fingerprint density at radius 1 is 0.342 bits per heavy atom. The van der Waals surface area contributed by atoms with E-state index in [0.717, 1.165) is 26.2 Å². The SMILES string of the molecule is CCCCCCCCCCCCCCCCCCOCCOC(CC)CCCCCCCCCCCCC. The summed E-state index contributed by atoms with van der Waals surface area (Å²) in [7, 11) is 0. The van der Waals surface area contributed by atoms with E-state index in [1.807, 2.05) is 0 Å². The van der Waals surface area contributed by atoms with Crippen LogP contribution in [0.3, 0.4) is 0 Å². The highest BCUT2D eigenvalue weighted by atomic mass is 16.5. The Balaban J connectivity index is 3.23. The fourth-order valence-corrected chi connectivity index (χ4v) is 5.57. The van der Waals surface area contributed by atoms with Gasteiger partial charge in [-0.25, -0.2) is 0 Å². The summed E-state index contributed by atoms with van der Waals surface area (Å²) >= 11 is 0. The predicted molar refractivity (Wildman–Crippen MR) is 171 cm³/mol. The Kier molecular flexibility index (Phi) is 34.9. The smallest absolute Gasteiger partial charge is 0.0704 e. The third-order valence-electron chi connectivity index (χ3n) is 8.31. The van der Waals surface area contributed by atoms with Crippen LogP contribution in [0.25, 0.3) is 0 Å². The highest BCUT2D eigenvalue weighted by Gasteiger charge is 2.06. The van der Waals surface area contributed by atoms with Crippen LogP contribution in [0.1, 0.15) is 207 Å². The Hall–Kier alpha value is -0.0800. The van der Waals surface area contributed by atoms with Gasteiger partial charge < -0.3 is 9.47 Å². The molecule has 0 aromatic heterocycles. The topological polar surface area (TPSA) is 18.5 Å². The van der Waals surface area contributed by atoms with E-state index in [2.05, 4.69) is 20.8 Å². The molecule has 38 heavy (non-hydrogen) atoms. The van der Waals surface area contributed by atoms with Gasteiger partial charge in [-0.15, -0.1) is 0 Å². The first-order valence-electron chi connectivity index (χ1n) is 18.0. The first-order chi connectivity index (χ1) is 18.8. The molecule has 230 valence electrons. The molecule has 0 fully saturated rings. The molecule has 0 aliphatic heterocycles. The Bertz CT molecular complexity index is 397. The second kappa shape index (κ2) is 34.9. The molecule has 0 spiro atoms. The lowest BCUT2D eigenvalue weighted by atomic mass is 10.0. The van der Waals surface area contributed by atoms with Crippen molar-refractivity contribution < 1.29 is 9.47 Å². The van der Waals surface area contributed by atoms with Gasteiger partial charge in [0.2, 0.25) is 0 Å². The largest absolute Gasteiger partial charge is 0.379 e. The van der Waals surface area contributed by atoms with Crippen molar-refractivity contribution in [1.29, 1.82) is 0 Å². The molecule has 1 unspecified atom stereocenters. The third kappa shape index (κ3) is 32.1. The van der Waals surface area contributed by atoms with Crippen LogP contribution in [-0.2, 0) is 9.47 Å². The van der Waals surface area contributed by atoms with E-state index >= 15 is 0 Å². The molecule has 0 saturated heterocycles. The van der Waals surface area contributed by atoms with Gasteiger partial charge in [-0.2, -0.15) is 0 Å². The number of rotatable bonds is 34. The van der Waals surface area contributed by atoms with E-state index in [0.29, 0.717) is 6.10 Å². The van der Waals surface area contributed by atoms with Crippen LogP contribution in [0.5, 0.6) is 0 Å². The molecule has 0 amide bonds. The minimum Gasteiger partial charge on any atom is -0.379 e. The summed E-state index contributed by atoms with van der Waals surface area (Å²) in [4.78, 5) is 0. The molecule has 2 nitrogen and oxygen atoms in total. The van der Waals surface area contributed by atoms with E-state index in [4.69, 9.17) is 9.47 Å². The summed E-state index contributed by atoms with van der Waals surface area (Å²) in [6, 6.07) is 0. The molecule has 0 aliphatic carbocycles. The summed E-state index contributed by atoms with van der Waals surface area (Å²) < 4.78 is 11.9. The molecule has 0 N–H and O–H groups in total. The molecule has 0 rings (SSSR count). The van der Waals surface area contributed by atoms with Crippen LogP contribution >= 0.6 is 0 Å². The van der Waals surface area contributed by atoms with Crippen molar-refractivity contribution in [1.82, 2.24) is 0 Å². The first kappa shape index (κ1) is 37.9. The van der Waals surface area contributed by atoms with Crippen LogP contribution in [0.15, 0.2) is 0 Å². The van der Waals surface area contributed by atoms with Crippen LogP contribution in [0.2, 0.25) is 0 Å². The van der Waals surface area contributed by atoms with E-state index in [-0.39, 0.29) is 0 Å². The minimum atomic E-state index is 0.438. The summed E-state index contributed by atoms with van der Waals surface area (Å²) in [5, 5.41) is 0. The van der Waals surface area contributed by atoms with Crippen molar-refractivity contribution in [3.8, 4) is 0 Å². The van der Waals surface area contributed by atoms with Gasteiger partial charge in [0.15, 0.2) is 0 Å². The molecule has 0 aromatic carbocycles. The molecule has 0 aliphatic rings. The number of unbranched alkanes of at least 4 members (excludes halogenated alkanes) is 25. The van der Waals surface area contributed by atoms with Crippen LogP contribution in [0.4, 0.5) is 0 Å². The van der Waals surface area contributed by atoms with Crippen LogP contribution < -0.4 is 0 Å². The molecule has 0 heterocycles. The fourth-order valence-electron chi connectivity index (χ4n) is 5.57. The van der Waals surface area contributed by atoms with Crippen molar-refractivity contribution in [2.24, 2.45) is 0 Å². The molecule has 2 heteroatoms. The number of hydrogen-bond acceptors (Lipinski definition) is 2. The molecule has 0 aromatic rings. The maximum atomic E-state index is 6.09. The van der Waals surface area contributed by atoms with Gasteiger partial charge in [0.1, 0.15) is 0 Å². The van der Waals surface area contributed by atoms with E-state index in [9.17, 15) is 0 Å². The van der Waals surface area contributed by atoms with Gasteiger partial charge in [-0.3, -0.25) is 0 Å². The summed E-state index contributed by atoms with van der Waals surface area (Å²) in [5.74, 6) is 0.